The molecule has 0 bridgehead atoms. The maximum Gasteiger partial charge on any atom is 0.414 e. The Morgan fingerprint density at radius 2 is 1.80 bits per heavy atom. The number of pyridine rings is 1. The molecule has 2 aromatic heterocycles. The normalized spacial score (nSPS) is 15.0. The van der Waals surface area contributed by atoms with Crippen LogP contribution >= 0.6 is 11.8 Å². The summed E-state index contributed by atoms with van der Waals surface area (Å²) in [5.41, 5.74) is 4.55. The number of Topliss-reactive ketones (excluding diaryl/α,β-unsaturated/α-hetero) is 1. The minimum Gasteiger partial charge on any atom is -0.473 e. The smallest absolute Gasteiger partial charge is 0.414 e. The summed E-state index contributed by atoms with van der Waals surface area (Å²) < 4.78 is 2.07. The fraction of sp³-hybridized carbons (Fsp3) is 0.143. The summed E-state index contributed by atoms with van der Waals surface area (Å²) in [6, 6.07) is 12.0. The van der Waals surface area contributed by atoms with Gasteiger partial charge in [0.2, 0.25) is 5.78 Å². The number of rotatable bonds is 3. The minimum absolute atomic E-state index is 0.0351. The maximum atomic E-state index is 13.1. The average molecular weight is 425 g/mol. The number of hydrogen-bond donors (Lipinski definition) is 3. The van der Waals surface area contributed by atoms with Gasteiger partial charge in [-0.1, -0.05) is 24.3 Å². The molecule has 0 amide bonds. The van der Waals surface area contributed by atoms with E-state index in [4.69, 9.17) is 19.8 Å². The topological polar surface area (TPSA) is 122 Å². The zero-order chi connectivity index (χ0) is 21.8. The van der Waals surface area contributed by atoms with E-state index in [1.165, 1.54) is 0 Å². The van der Waals surface area contributed by atoms with E-state index in [2.05, 4.69) is 14.9 Å². The standard InChI is InChI=1S/C19H17N3OS.C2H2O4/c1-12-17(14-7-3-4-8-16(14)22(12)2)18(23)15-11-24-19(21-15)13-6-5-9-20-10-13;3-1(4)2(5)6/h3-11,19,21H,1-2H3;(H,3,4)(H,5,6). The van der Waals surface area contributed by atoms with Crippen molar-refractivity contribution in [2.24, 2.45) is 7.05 Å². The van der Waals surface area contributed by atoms with Gasteiger partial charge in [-0.15, -0.1) is 11.8 Å². The molecule has 30 heavy (non-hydrogen) atoms. The second-order valence-corrected chi connectivity index (χ2v) is 7.43. The van der Waals surface area contributed by atoms with Crippen LogP contribution in [0.3, 0.4) is 0 Å². The Bertz CT molecular complexity index is 1140. The number of benzene rings is 1. The van der Waals surface area contributed by atoms with Gasteiger partial charge in [-0.05, 0) is 19.1 Å². The fourth-order valence-electron chi connectivity index (χ4n) is 3.10. The molecule has 1 aliphatic rings. The highest BCUT2D eigenvalue weighted by Crippen LogP contribution is 2.36. The number of carboxylic acids is 2. The SMILES string of the molecule is Cc1c(C(=O)C2=CSC(c3cccnc3)N2)c2ccccc2n1C.O=C(O)C(=O)O. The van der Waals surface area contributed by atoms with Gasteiger partial charge in [0.05, 0.1) is 11.3 Å². The minimum atomic E-state index is -1.82. The average Bonchev–Trinajstić information content (AvgIpc) is 3.33. The molecule has 3 heterocycles. The van der Waals surface area contributed by atoms with Crippen molar-refractivity contribution in [3.05, 3.63) is 76.7 Å². The van der Waals surface area contributed by atoms with Crippen molar-refractivity contribution in [1.82, 2.24) is 14.9 Å². The summed E-state index contributed by atoms with van der Waals surface area (Å²) in [6.45, 7) is 1.99. The van der Waals surface area contributed by atoms with Gasteiger partial charge in [0.15, 0.2) is 0 Å². The molecule has 0 saturated carbocycles. The number of nitrogens with zero attached hydrogens (tertiary/aromatic N) is 2. The van der Waals surface area contributed by atoms with Crippen LogP contribution in [0.2, 0.25) is 0 Å². The van der Waals surface area contributed by atoms with Crippen LogP contribution in [-0.2, 0) is 16.6 Å². The number of fused-ring (bicyclic) bond motifs is 1. The predicted octanol–water partition coefficient (Wildman–Crippen LogP) is 3.10. The number of hydrogen-bond acceptors (Lipinski definition) is 6. The Labute approximate surface area is 176 Å². The first kappa shape index (κ1) is 21.1. The number of aliphatic carboxylic acids is 2. The zero-order valence-corrected chi connectivity index (χ0v) is 17.0. The lowest BCUT2D eigenvalue weighted by Gasteiger charge is -2.12. The van der Waals surface area contributed by atoms with Crippen LogP contribution < -0.4 is 5.32 Å². The van der Waals surface area contributed by atoms with Crippen LogP contribution in [0.25, 0.3) is 10.9 Å². The van der Waals surface area contributed by atoms with E-state index >= 15 is 0 Å². The summed E-state index contributed by atoms with van der Waals surface area (Å²) in [4.78, 5) is 35.4. The van der Waals surface area contributed by atoms with Gasteiger partial charge in [0.25, 0.3) is 0 Å². The molecule has 0 fully saturated rings. The summed E-state index contributed by atoms with van der Waals surface area (Å²) in [7, 11) is 2.00. The molecule has 1 atom stereocenters. The Morgan fingerprint density at radius 1 is 1.10 bits per heavy atom. The Hall–Kier alpha value is -3.59. The highest BCUT2D eigenvalue weighted by atomic mass is 32.2. The van der Waals surface area contributed by atoms with Crippen molar-refractivity contribution >= 4 is 40.4 Å². The van der Waals surface area contributed by atoms with Crippen molar-refractivity contribution in [2.45, 2.75) is 12.3 Å². The molecule has 0 saturated heterocycles. The van der Waals surface area contributed by atoms with Crippen LogP contribution in [-0.4, -0.2) is 37.5 Å². The summed E-state index contributed by atoms with van der Waals surface area (Å²) in [5.74, 6) is -3.60. The van der Waals surface area contributed by atoms with Crippen molar-refractivity contribution in [2.75, 3.05) is 0 Å². The second kappa shape index (κ2) is 8.83. The van der Waals surface area contributed by atoms with Crippen LogP contribution in [0, 0.1) is 6.92 Å². The van der Waals surface area contributed by atoms with Gasteiger partial charge < -0.3 is 20.1 Å². The van der Waals surface area contributed by atoms with Crippen LogP contribution in [0.4, 0.5) is 0 Å². The van der Waals surface area contributed by atoms with Gasteiger partial charge in [-0.2, -0.15) is 0 Å². The van der Waals surface area contributed by atoms with E-state index in [1.54, 1.807) is 18.0 Å². The number of allylic oxidation sites excluding steroid dienone is 1. The third kappa shape index (κ3) is 4.20. The molecular weight excluding hydrogens is 406 g/mol. The fourth-order valence-corrected chi connectivity index (χ4v) is 4.04. The monoisotopic (exact) mass is 425 g/mol. The summed E-state index contributed by atoms with van der Waals surface area (Å²) in [6.07, 6.45) is 3.58. The highest BCUT2D eigenvalue weighted by molar-refractivity contribution is 8.02. The number of nitrogens with one attached hydrogen (secondary N) is 1. The number of aromatic nitrogens is 2. The van der Waals surface area contributed by atoms with Crippen molar-refractivity contribution in [3.63, 3.8) is 0 Å². The first-order valence-corrected chi connectivity index (χ1v) is 9.82. The number of ketones is 1. The van der Waals surface area contributed by atoms with Gasteiger partial charge in [-0.25, -0.2) is 9.59 Å². The van der Waals surface area contributed by atoms with E-state index in [1.807, 2.05) is 62.0 Å². The first-order chi connectivity index (χ1) is 14.3. The third-order valence-electron chi connectivity index (χ3n) is 4.65. The van der Waals surface area contributed by atoms with Gasteiger partial charge in [-0.3, -0.25) is 9.78 Å². The molecule has 0 spiro atoms. The number of carbonyl (C=O) groups excluding carboxylic acids is 1. The molecule has 1 aromatic carbocycles. The van der Waals surface area contributed by atoms with Gasteiger partial charge in [0, 0.05) is 47.0 Å². The van der Waals surface area contributed by atoms with E-state index in [0.717, 1.165) is 27.7 Å². The molecule has 0 aliphatic carbocycles. The van der Waals surface area contributed by atoms with E-state index in [0.29, 0.717) is 5.70 Å². The number of carboxylic acid groups (broad SMARTS) is 2. The Balaban J connectivity index is 0.000000377. The van der Waals surface area contributed by atoms with Crippen molar-refractivity contribution in [3.8, 4) is 0 Å². The number of carbonyl (C=O) groups is 3. The molecule has 3 aromatic rings. The van der Waals surface area contributed by atoms with Gasteiger partial charge >= 0.3 is 11.9 Å². The molecule has 1 unspecified atom stereocenters. The van der Waals surface area contributed by atoms with E-state index in [-0.39, 0.29) is 11.2 Å². The molecule has 9 heteroatoms. The molecule has 1 aliphatic heterocycles. The zero-order valence-electron chi connectivity index (χ0n) is 16.2. The third-order valence-corrected chi connectivity index (χ3v) is 5.68. The molecule has 8 nitrogen and oxygen atoms in total. The predicted molar refractivity (Wildman–Crippen MR) is 113 cm³/mol. The molecule has 3 N–H and O–H groups in total. The molecule has 154 valence electrons. The Morgan fingerprint density at radius 3 is 2.43 bits per heavy atom. The van der Waals surface area contributed by atoms with E-state index < -0.39 is 11.9 Å². The van der Waals surface area contributed by atoms with Crippen molar-refractivity contribution < 1.29 is 24.6 Å². The second-order valence-electron chi connectivity index (χ2n) is 6.45. The number of aryl methyl sites for hydroxylation is 1. The Kier molecular flexibility index (Phi) is 6.22. The van der Waals surface area contributed by atoms with Gasteiger partial charge in [0.1, 0.15) is 5.37 Å². The first-order valence-electron chi connectivity index (χ1n) is 8.88. The molecule has 4 rings (SSSR count). The summed E-state index contributed by atoms with van der Waals surface area (Å²) in [5, 5.41) is 21.1. The number of para-hydroxylation sites is 1. The van der Waals surface area contributed by atoms with Crippen LogP contribution in [0.5, 0.6) is 0 Å². The largest absolute Gasteiger partial charge is 0.473 e. The molecular formula is C21H19N3O5S. The quantitative estimate of drug-likeness (QED) is 0.432. The molecule has 0 radical (unpaired) electrons. The van der Waals surface area contributed by atoms with E-state index in [9.17, 15) is 4.79 Å². The van der Waals surface area contributed by atoms with Crippen LogP contribution in [0.1, 0.15) is 27.0 Å². The van der Waals surface area contributed by atoms with Crippen LogP contribution in [0.15, 0.2) is 59.9 Å². The van der Waals surface area contributed by atoms with Crippen molar-refractivity contribution in [1.29, 1.82) is 0 Å². The highest BCUT2D eigenvalue weighted by Gasteiger charge is 2.27. The lowest BCUT2D eigenvalue weighted by molar-refractivity contribution is -0.159. The maximum absolute atomic E-state index is 13.1. The lowest BCUT2D eigenvalue weighted by atomic mass is 10.0. The lowest BCUT2D eigenvalue weighted by Crippen LogP contribution is -2.20. The number of thioether (sulfide) groups is 1. The summed E-state index contributed by atoms with van der Waals surface area (Å²) >= 11 is 1.60.